The molecule has 0 aromatic carbocycles. The molecule has 0 fully saturated rings. The van der Waals surface area contributed by atoms with Gasteiger partial charge in [0.15, 0.2) is 18.5 Å². The Morgan fingerprint density at radius 3 is 1.41 bits per heavy atom. The average Bonchev–Trinajstić information content (AvgIpc) is 2.50. The zero-order chi connectivity index (χ0) is 18.0. The maximum absolute atomic E-state index is 9.90. The van der Waals surface area contributed by atoms with E-state index < -0.39 is 55.2 Å². The zero-order valence-electron chi connectivity index (χ0n) is 11.0. The van der Waals surface area contributed by atoms with Gasteiger partial charge in [-0.2, -0.15) is 0 Å². The van der Waals surface area contributed by atoms with Crippen LogP contribution in [-0.2, 0) is 14.4 Å². The highest BCUT2D eigenvalue weighted by Crippen LogP contribution is 2.02. The van der Waals surface area contributed by atoms with Crippen LogP contribution in [0.25, 0.3) is 0 Å². The molecule has 0 radical (unpaired) electrons. The van der Waals surface area contributed by atoms with Crippen LogP contribution in [0.4, 0.5) is 0 Å². The number of carboxylic acid groups (broad SMARTS) is 2. The largest absolute Gasteiger partial charge is 0.479 e. The fourth-order valence-corrected chi connectivity index (χ4v) is 0.888. The first kappa shape index (κ1) is 22.6. The molecular weight excluding hydrogens is 312 g/mol. The highest BCUT2D eigenvalue weighted by Gasteiger charge is 2.30. The highest BCUT2D eigenvalue weighted by atomic mass is 16.4. The molecule has 0 heterocycles. The predicted octanol–water partition coefficient (Wildman–Crippen LogP) is -5.50. The second-order valence-electron chi connectivity index (χ2n) is 3.92. The SMILES string of the molecule is O=C(O)[C@@H](O)[C@H](O)C(=O)O.O=C[C@H](O)[C@@H](O)[C@H](O)[C@H](O)CO. The third kappa shape index (κ3) is 7.94. The van der Waals surface area contributed by atoms with Gasteiger partial charge in [-0.25, -0.2) is 9.59 Å². The molecule has 6 atom stereocenters. The van der Waals surface area contributed by atoms with E-state index in [2.05, 4.69) is 0 Å². The van der Waals surface area contributed by atoms with Gasteiger partial charge in [0, 0.05) is 0 Å². The molecular formula is C10H18O12. The molecule has 0 saturated carbocycles. The van der Waals surface area contributed by atoms with Gasteiger partial charge in [0.2, 0.25) is 0 Å². The molecule has 12 nitrogen and oxygen atoms in total. The number of hydrogen-bond donors (Lipinski definition) is 9. The third-order valence-corrected chi connectivity index (χ3v) is 2.23. The van der Waals surface area contributed by atoms with Crippen molar-refractivity contribution in [3.8, 4) is 0 Å². The van der Waals surface area contributed by atoms with Crippen molar-refractivity contribution in [1.82, 2.24) is 0 Å². The van der Waals surface area contributed by atoms with Crippen LogP contribution in [0.3, 0.4) is 0 Å². The Hall–Kier alpha value is -1.67. The van der Waals surface area contributed by atoms with Crippen LogP contribution in [-0.4, -0.2) is 107 Å². The first-order chi connectivity index (χ1) is 10.0. The topological polar surface area (TPSA) is 233 Å². The van der Waals surface area contributed by atoms with Crippen LogP contribution in [0.5, 0.6) is 0 Å². The van der Waals surface area contributed by atoms with Crippen LogP contribution >= 0.6 is 0 Å². The van der Waals surface area contributed by atoms with E-state index in [1.165, 1.54) is 0 Å². The van der Waals surface area contributed by atoms with E-state index in [0.29, 0.717) is 0 Å². The first-order valence-electron chi connectivity index (χ1n) is 5.61. The summed E-state index contributed by atoms with van der Waals surface area (Å²) in [5.74, 6) is -3.54. The van der Waals surface area contributed by atoms with Crippen molar-refractivity contribution >= 4 is 18.2 Å². The lowest BCUT2D eigenvalue weighted by Crippen LogP contribution is -2.46. The van der Waals surface area contributed by atoms with Crippen molar-refractivity contribution in [2.75, 3.05) is 6.61 Å². The molecule has 0 aliphatic carbocycles. The second kappa shape index (κ2) is 11.0. The Bertz CT molecular complexity index is 340. The van der Waals surface area contributed by atoms with Gasteiger partial charge in [-0.05, 0) is 0 Å². The second-order valence-corrected chi connectivity index (χ2v) is 3.92. The Morgan fingerprint density at radius 2 is 1.18 bits per heavy atom. The number of carbonyl (C=O) groups is 3. The van der Waals surface area contributed by atoms with Crippen LogP contribution in [0.2, 0.25) is 0 Å². The maximum atomic E-state index is 9.90. The molecule has 22 heavy (non-hydrogen) atoms. The fourth-order valence-electron chi connectivity index (χ4n) is 0.888. The van der Waals surface area contributed by atoms with Crippen molar-refractivity contribution < 1.29 is 60.3 Å². The minimum absolute atomic E-state index is 0.0258. The Balaban J connectivity index is 0. The predicted molar refractivity (Wildman–Crippen MR) is 64.5 cm³/mol. The molecule has 0 aliphatic heterocycles. The summed E-state index contributed by atoms with van der Waals surface area (Å²) in [5, 5.41) is 76.1. The third-order valence-electron chi connectivity index (χ3n) is 2.23. The number of aldehydes is 1. The first-order valence-corrected chi connectivity index (χ1v) is 5.61. The maximum Gasteiger partial charge on any atom is 0.335 e. The zero-order valence-corrected chi connectivity index (χ0v) is 11.0. The van der Waals surface area contributed by atoms with Crippen LogP contribution in [0.15, 0.2) is 0 Å². The summed E-state index contributed by atoms with van der Waals surface area (Å²) < 4.78 is 0. The van der Waals surface area contributed by atoms with Gasteiger partial charge >= 0.3 is 11.9 Å². The lowest BCUT2D eigenvalue weighted by Gasteiger charge is -2.22. The van der Waals surface area contributed by atoms with E-state index in [-0.39, 0.29) is 6.29 Å². The van der Waals surface area contributed by atoms with Gasteiger partial charge in [0.1, 0.15) is 24.4 Å². The van der Waals surface area contributed by atoms with E-state index in [0.717, 1.165) is 0 Å². The number of aliphatic hydroxyl groups is 7. The van der Waals surface area contributed by atoms with Gasteiger partial charge < -0.3 is 50.8 Å². The van der Waals surface area contributed by atoms with Gasteiger partial charge in [0.25, 0.3) is 0 Å². The Morgan fingerprint density at radius 1 is 0.818 bits per heavy atom. The van der Waals surface area contributed by atoms with Gasteiger partial charge in [-0.3, -0.25) is 0 Å². The number of carbonyl (C=O) groups excluding carboxylic acids is 1. The number of aliphatic carboxylic acids is 2. The summed E-state index contributed by atoms with van der Waals surface area (Å²) in [5.41, 5.74) is 0. The smallest absolute Gasteiger partial charge is 0.335 e. The highest BCUT2D eigenvalue weighted by molar-refractivity contribution is 5.83. The fraction of sp³-hybridized carbons (Fsp3) is 0.700. The number of hydrogen-bond acceptors (Lipinski definition) is 10. The molecule has 0 bridgehead atoms. The molecule has 9 N–H and O–H groups in total. The van der Waals surface area contributed by atoms with Crippen molar-refractivity contribution in [3.05, 3.63) is 0 Å². The van der Waals surface area contributed by atoms with E-state index in [1.54, 1.807) is 0 Å². The quantitative estimate of drug-likeness (QED) is 0.189. The van der Waals surface area contributed by atoms with Crippen molar-refractivity contribution in [3.63, 3.8) is 0 Å². The van der Waals surface area contributed by atoms with Gasteiger partial charge in [-0.15, -0.1) is 0 Å². The van der Waals surface area contributed by atoms with Crippen molar-refractivity contribution in [2.45, 2.75) is 36.6 Å². The van der Waals surface area contributed by atoms with E-state index in [9.17, 15) is 14.4 Å². The van der Waals surface area contributed by atoms with E-state index in [1.807, 2.05) is 0 Å². The molecule has 0 amide bonds. The van der Waals surface area contributed by atoms with Crippen molar-refractivity contribution in [2.24, 2.45) is 0 Å². The summed E-state index contributed by atoms with van der Waals surface area (Å²) >= 11 is 0. The molecule has 0 rings (SSSR count). The molecule has 0 aliphatic rings. The van der Waals surface area contributed by atoms with Gasteiger partial charge in [0.05, 0.1) is 6.61 Å². The summed E-state index contributed by atoms with van der Waals surface area (Å²) in [6.07, 6.45) is -11.4. The summed E-state index contributed by atoms with van der Waals surface area (Å²) in [4.78, 5) is 29.4. The average molecular weight is 330 g/mol. The van der Waals surface area contributed by atoms with Crippen LogP contribution in [0.1, 0.15) is 0 Å². The number of carboxylic acids is 2. The van der Waals surface area contributed by atoms with Gasteiger partial charge in [-0.1, -0.05) is 0 Å². The van der Waals surface area contributed by atoms with E-state index in [4.69, 9.17) is 46.0 Å². The molecule has 0 spiro atoms. The van der Waals surface area contributed by atoms with Crippen molar-refractivity contribution in [1.29, 1.82) is 0 Å². The Kier molecular flexibility index (Phi) is 11.3. The Labute approximate surface area is 123 Å². The van der Waals surface area contributed by atoms with Crippen LogP contribution < -0.4 is 0 Å². The van der Waals surface area contributed by atoms with Crippen LogP contribution in [0, 0.1) is 0 Å². The lowest BCUT2D eigenvalue weighted by molar-refractivity contribution is -0.165. The molecule has 0 saturated heterocycles. The molecule has 0 aromatic heterocycles. The summed E-state index contributed by atoms with van der Waals surface area (Å²) in [6.45, 7) is -0.760. The standard InChI is InChI=1S/C6H12O6.C4H6O6/c7-1-3(9)5(11)6(12)4(10)2-8;5-1(3(7)8)2(6)4(9)10/h1,3-6,8-12H,2H2;1-2,5-6H,(H,7,8)(H,9,10)/t3-,4+,5+,6+;1-,2-/m00/s1. The summed E-state index contributed by atoms with van der Waals surface area (Å²) in [7, 11) is 0. The van der Waals surface area contributed by atoms with E-state index >= 15 is 0 Å². The monoisotopic (exact) mass is 330 g/mol. The number of rotatable bonds is 8. The molecule has 0 aromatic rings. The minimum atomic E-state index is -2.27. The molecule has 0 unspecified atom stereocenters. The molecule has 12 heteroatoms. The minimum Gasteiger partial charge on any atom is -0.479 e. The lowest BCUT2D eigenvalue weighted by atomic mass is 10.0. The molecule has 130 valence electrons. The summed E-state index contributed by atoms with van der Waals surface area (Å²) in [6, 6.07) is 0. The number of aliphatic hydroxyl groups excluding tert-OH is 7. The normalized spacial score (nSPS) is 18.7.